The number of hydrogen-bond donors (Lipinski definition) is 2. The summed E-state index contributed by atoms with van der Waals surface area (Å²) in [5, 5.41) is 7.12. The molecule has 0 aliphatic carbocycles. The zero-order valence-corrected chi connectivity index (χ0v) is 6.51. The molecule has 1 aromatic rings. The molecule has 12 heavy (non-hydrogen) atoms. The summed E-state index contributed by atoms with van der Waals surface area (Å²) in [4.78, 5) is 0. The van der Waals surface area contributed by atoms with Crippen LogP contribution < -0.4 is 11.5 Å². The van der Waals surface area contributed by atoms with Gasteiger partial charge in [0.1, 0.15) is 6.34 Å². The second kappa shape index (κ2) is 4.12. The zero-order valence-electron chi connectivity index (χ0n) is 6.51. The van der Waals surface area contributed by atoms with E-state index < -0.39 is 0 Å². The first-order chi connectivity index (χ1) is 5.84. The fourth-order valence-corrected chi connectivity index (χ4v) is 0.762. The van der Waals surface area contributed by atoms with Gasteiger partial charge >= 0.3 is 0 Å². The first-order valence-electron chi connectivity index (χ1n) is 3.46. The van der Waals surface area contributed by atoms with Gasteiger partial charge in [0.2, 0.25) is 0 Å². The van der Waals surface area contributed by atoms with Crippen LogP contribution in [0.25, 0.3) is 0 Å². The summed E-state index contributed by atoms with van der Waals surface area (Å²) in [7, 11) is 0. The van der Waals surface area contributed by atoms with Gasteiger partial charge in [-0.3, -0.25) is 0 Å². The highest BCUT2D eigenvalue weighted by Crippen LogP contribution is 1.97. The van der Waals surface area contributed by atoms with Crippen LogP contribution in [-0.2, 0) is 0 Å². The van der Waals surface area contributed by atoms with Crippen molar-refractivity contribution in [1.82, 2.24) is 0 Å². The molecule has 0 heterocycles. The van der Waals surface area contributed by atoms with Crippen LogP contribution in [-0.4, -0.2) is 12.2 Å². The van der Waals surface area contributed by atoms with Gasteiger partial charge in [0, 0.05) is 5.56 Å². The van der Waals surface area contributed by atoms with Gasteiger partial charge in [-0.15, -0.1) is 10.2 Å². The maximum absolute atomic E-state index is 5.56. The van der Waals surface area contributed by atoms with Crippen molar-refractivity contribution in [3.63, 3.8) is 0 Å². The minimum absolute atomic E-state index is 0.359. The van der Waals surface area contributed by atoms with E-state index in [0.717, 1.165) is 11.9 Å². The van der Waals surface area contributed by atoms with Gasteiger partial charge in [-0.25, -0.2) is 0 Å². The lowest BCUT2D eigenvalue weighted by atomic mass is 10.2. The van der Waals surface area contributed by atoms with Gasteiger partial charge < -0.3 is 11.5 Å². The van der Waals surface area contributed by atoms with E-state index in [9.17, 15) is 0 Å². The molecule has 0 aliphatic rings. The second-order valence-electron chi connectivity index (χ2n) is 2.12. The number of hydrogen-bond acceptors (Lipinski definition) is 2. The Morgan fingerprint density at radius 3 is 2.50 bits per heavy atom. The molecule has 0 atom stereocenters. The van der Waals surface area contributed by atoms with E-state index in [2.05, 4.69) is 10.2 Å². The summed E-state index contributed by atoms with van der Waals surface area (Å²) in [6.07, 6.45) is 1.09. The average Bonchev–Trinajstić information content (AvgIpc) is 2.15. The van der Waals surface area contributed by atoms with Crippen molar-refractivity contribution in [3.05, 3.63) is 35.9 Å². The predicted octanol–water partition coefficient (Wildman–Crippen LogP) is 0.294. The van der Waals surface area contributed by atoms with E-state index in [0.29, 0.717) is 5.84 Å². The molecular formula is C8H10N4. The molecule has 0 saturated carbocycles. The molecule has 4 nitrogen and oxygen atoms in total. The molecule has 0 saturated heterocycles. The Morgan fingerprint density at radius 2 is 1.92 bits per heavy atom. The van der Waals surface area contributed by atoms with Gasteiger partial charge in [-0.05, 0) is 0 Å². The summed E-state index contributed by atoms with van der Waals surface area (Å²) < 4.78 is 0. The lowest BCUT2D eigenvalue weighted by molar-refractivity contribution is 1.22. The standard InChI is InChI=1S/C8H10N4/c9-6-11-12-8(10)7-4-2-1-3-5-7/h1-6H,(H2,9,11)(H2,10,12). The number of nitrogens with zero attached hydrogens (tertiary/aromatic N) is 2. The summed E-state index contributed by atoms with van der Waals surface area (Å²) in [5.41, 5.74) is 11.4. The minimum Gasteiger partial charge on any atom is -0.388 e. The molecule has 0 fully saturated rings. The highest BCUT2D eigenvalue weighted by Gasteiger charge is 1.93. The van der Waals surface area contributed by atoms with Crippen molar-refractivity contribution >= 4 is 12.2 Å². The molecule has 0 bridgehead atoms. The van der Waals surface area contributed by atoms with Crippen LogP contribution in [0.2, 0.25) is 0 Å². The zero-order chi connectivity index (χ0) is 8.81. The normalized spacial score (nSPS) is 12.2. The lowest BCUT2D eigenvalue weighted by Crippen LogP contribution is -2.12. The molecule has 0 radical (unpaired) electrons. The van der Waals surface area contributed by atoms with E-state index in [1.165, 1.54) is 0 Å². The Balaban J connectivity index is 2.85. The molecular weight excluding hydrogens is 152 g/mol. The molecule has 4 heteroatoms. The third-order valence-electron chi connectivity index (χ3n) is 1.30. The molecule has 0 amide bonds. The van der Waals surface area contributed by atoms with Crippen molar-refractivity contribution in [2.24, 2.45) is 21.7 Å². The fraction of sp³-hybridized carbons (Fsp3) is 0. The second-order valence-corrected chi connectivity index (χ2v) is 2.12. The average molecular weight is 162 g/mol. The van der Waals surface area contributed by atoms with E-state index >= 15 is 0 Å². The Bertz CT molecular complexity index is 289. The first kappa shape index (κ1) is 8.26. The summed E-state index contributed by atoms with van der Waals surface area (Å²) in [5.74, 6) is 0.359. The van der Waals surface area contributed by atoms with Gasteiger partial charge in [-0.2, -0.15) is 0 Å². The molecule has 0 aromatic heterocycles. The summed E-state index contributed by atoms with van der Waals surface area (Å²) in [6, 6.07) is 9.37. The Kier molecular flexibility index (Phi) is 2.84. The van der Waals surface area contributed by atoms with Crippen molar-refractivity contribution in [2.45, 2.75) is 0 Å². The fourth-order valence-electron chi connectivity index (χ4n) is 0.762. The molecule has 62 valence electrons. The van der Waals surface area contributed by atoms with E-state index in [1.54, 1.807) is 0 Å². The quantitative estimate of drug-likeness (QED) is 0.372. The van der Waals surface area contributed by atoms with Crippen LogP contribution >= 0.6 is 0 Å². The molecule has 0 spiro atoms. The van der Waals surface area contributed by atoms with Crippen LogP contribution in [0.5, 0.6) is 0 Å². The van der Waals surface area contributed by atoms with E-state index in [4.69, 9.17) is 11.5 Å². The van der Waals surface area contributed by atoms with Gasteiger partial charge in [0.05, 0.1) is 0 Å². The highest BCUT2D eigenvalue weighted by atomic mass is 15.2. The Labute approximate surface area is 70.6 Å². The molecule has 1 rings (SSSR count). The van der Waals surface area contributed by atoms with Crippen LogP contribution in [0.1, 0.15) is 5.56 Å². The highest BCUT2D eigenvalue weighted by molar-refractivity contribution is 5.97. The van der Waals surface area contributed by atoms with Crippen molar-refractivity contribution in [2.75, 3.05) is 0 Å². The van der Waals surface area contributed by atoms with E-state index in [1.807, 2.05) is 30.3 Å². The Hall–Kier alpha value is -1.84. The number of nitrogens with two attached hydrogens (primary N) is 2. The summed E-state index contributed by atoms with van der Waals surface area (Å²) >= 11 is 0. The number of rotatable bonds is 2. The molecule has 0 unspecified atom stereocenters. The third-order valence-corrected chi connectivity index (χ3v) is 1.30. The third kappa shape index (κ3) is 2.09. The van der Waals surface area contributed by atoms with Crippen molar-refractivity contribution in [1.29, 1.82) is 0 Å². The lowest BCUT2D eigenvalue weighted by Gasteiger charge is -1.95. The van der Waals surface area contributed by atoms with Crippen LogP contribution in [0.3, 0.4) is 0 Å². The number of benzene rings is 1. The van der Waals surface area contributed by atoms with Crippen molar-refractivity contribution < 1.29 is 0 Å². The van der Waals surface area contributed by atoms with Gasteiger partial charge in [0.15, 0.2) is 5.84 Å². The minimum atomic E-state index is 0.359. The number of amidine groups is 1. The van der Waals surface area contributed by atoms with Gasteiger partial charge in [-0.1, -0.05) is 30.3 Å². The maximum Gasteiger partial charge on any atom is 0.153 e. The molecule has 0 aliphatic heterocycles. The monoisotopic (exact) mass is 162 g/mol. The largest absolute Gasteiger partial charge is 0.388 e. The van der Waals surface area contributed by atoms with Gasteiger partial charge in [0.25, 0.3) is 0 Å². The SMILES string of the molecule is N/C=N\N=C(/N)c1ccccc1. The van der Waals surface area contributed by atoms with E-state index in [-0.39, 0.29) is 0 Å². The van der Waals surface area contributed by atoms with Crippen LogP contribution in [0.4, 0.5) is 0 Å². The maximum atomic E-state index is 5.56. The summed E-state index contributed by atoms with van der Waals surface area (Å²) in [6.45, 7) is 0. The van der Waals surface area contributed by atoms with Crippen LogP contribution in [0.15, 0.2) is 40.5 Å². The topological polar surface area (TPSA) is 76.8 Å². The first-order valence-corrected chi connectivity index (χ1v) is 3.46. The van der Waals surface area contributed by atoms with Crippen LogP contribution in [0, 0.1) is 0 Å². The molecule has 4 N–H and O–H groups in total. The molecule has 1 aromatic carbocycles. The Morgan fingerprint density at radius 1 is 1.25 bits per heavy atom. The van der Waals surface area contributed by atoms with Crippen molar-refractivity contribution in [3.8, 4) is 0 Å². The smallest absolute Gasteiger partial charge is 0.153 e. The predicted molar refractivity (Wildman–Crippen MR) is 49.8 cm³/mol.